The van der Waals surface area contributed by atoms with E-state index in [9.17, 15) is 13.2 Å². The van der Waals surface area contributed by atoms with Crippen molar-refractivity contribution < 1.29 is 17.9 Å². The fraction of sp³-hybridized carbons (Fsp3) is 0.409. The molecule has 7 nitrogen and oxygen atoms in total. The van der Waals surface area contributed by atoms with Crippen LogP contribution < -0.4 is 14.5 Å². The van der Waals surface area contributed by atoms with Gasteiger partial charge in [-0.2, -0.15) is 0 Å². The number of hydrogen-bond acceptors (Lipinski definition) is 5. The van der Waals surface area contributed by atoms with E-state index < -0.39 is 16.1 Å². The fourth-order valence-electron chi connectivity index (χ4n) is 3.48. The minimum absolute atomic E-state index is 0.331. The molecule has 30 heavy (non-hydrogen) atoms. The summed E-state index contributed by atoms with van der Waals surface area (Å²) in [5.41, 5.74) is 3.57. The Labute approximate surface area is 178 Å². The molecule has 1 unspecified atom stereocenters. The summed E-state index contributed by atoms with van der Waals surface area (Å²) < 4.78 is 31.2. The molecule has 0 aromatic heterocycles. The Balaban J connectivity index is 1.64. The van der Waals surface area contributed by atoms with Gasteiger partial charge in [0.2, 0.25) is 15.9 Å². The largest absolute Gasteiger partial charge is 0.378 e. The maximum absolute atomic E-state index is 12.7. The van der Waals surface area contributed by atoms with Crippen molar-refractivity contribution in [1.82, 2.24) is 5.32 Å². The van der Waals surface area contributed by atoms with Crippen LogP contribution in [0, 0.1) is 6.92 Å². The van der Waals surface area contributed by atoms with Gasteiger partial charge in [0.1, 0.15) is 6.04 Å². The second-order valence-corrected chi connectivity index (χ2v) is 9.41. The van der Waals surface area contributed by atoms with Gasteiger partial charge >= 0.3 is 0 Å². The molecule has 3 rings (SSSR count). The van der Waals surface area contributed by atoms with Gasteiger partial charge in [-0.05, 0) is 43.7 Å². The maximum atomic E-state index is 12.7. The van der Waals surface area contributed by atoms with Crippen LogP contribution in [0.2, 0.25) is 0 Å². The second-order valence-electron chi connectivity index (χ2n) is 7.55. The number of sulfonamides is 1. The van der Waals surface area contributed by atoms with Crippen molar-refractivity contribution >= 4 is 27.3 Å². The first-order valence-corrected chi connectivity index (χ1v) is 11.9. The van der Waals surface area contributed by atoms with E-state index in [0.717, 1.165) is 53.7 Å². The highest BCUT2D eigenvalue weighted by Gasteiger charge is 2.28. The number of carbonyl (C=O) groups is 1. The fourth-order valence-corrected chi connectivity index (χ4v) is 4.66. The topological polar surface area (TPSA) is 79.0 Å². The van der Waals surface area contributed by atoms with Crippen LogP contribution in [-0.4, -0.2) is 52.9 Å². The van der Waals surface area contributed by atoms with Crippen LogP contribution >= 0.6 is 0 Å². The summed E-state index contributed by atoms with van der Waals surface area (Å²) in [7, 11) is -3.62. The van der Waals surface area contributed by atoms with Gasteiger partial charge in [-0.3, -0.25) is 9.10 Å². The normalized spacial score (nSPS) is 15.5. The van der Waals surface area contributed by atoms with Crippen LogP contribution in [0.15, 0.2) is 48.5 Å². The van der Waals surface area contributed by atoms with E-state index in [1.165, 1.54) is 0 Å². The number of ether oxygens (including phenoxy) is 1. The summed E-state index contributed by atoms with van der Waals surface area (Å²) in [6, 6.07) is 14.2. The lowest BCUT2D eigenvalue weighted by Crippen LogP contribution is -2.47. The molecule has 1 atom stereocenters. The number of nitrogens with one attached hydrogen (secondary N) is 1. The molecule has 162 valence electrons. The first-order chi connectivity index (χ1) is 14.3. The molecule has 1 saturated heterocycles. The van der Waals surface area contributed by atoms with E-state index in [0.29, 0.717) is 12.2 Å². The Hall–Kier alpha value is -2.58. The molecule has 0 radical (unpaired) electrons. The number of carbonyl (C=O) groups excluding carboxylic acids is 1. The van der Waals surface area contributed by atoms with Crippen LogP contribution in [-0.2, 0) is 26.1 Å². The van der Waals surface area contributed by atoms with Crippen LogP contribution in [0.1, 0.15) is 18.1 Å². The molecular formula is C22H29N3O4S. The van der Waals surface area contributed by atoms with E-state index in [1.54, 1.807) is 19.1 Å². The Morgan fingerprint density at radius 1 is 1.10 bits per heavy atom. The van der Waals surface area contributed by atoms with Crippen molar-refractivity contribution in [2.24, 2.45) is 0 Å². The zero-order chi connectivity index (χ0) is 21.7. The highest BCUT2D eigenvalue weighted by molar-refractivity contribution is 7.92. The number of hydrogen-bond donors (Lipinski definition) is 1. The zero-order valence-corrected chi connectivity index (χ0v) is 18.5. The monoisotopic (exact) mass is 431 g/mol. The number of aryl methyl sites for hydroxylation is 1. The number of benzene rings is 2. The van der Waals surface area contributed by atoms with Crippen molar-refractivity contribution in [1.29, 1.82) is 0 Å². The summed E-state index contributed by atoms with van der Waals surface area (Å²) in [6.45, 7) is 7.05. The molecular weight excluding hydrogens is 402 g/mol. The third kappa shape index (κ3) is 5.52. The van der Waals surface area contributed by atoms with Gasteiger partial charge in [0, 0.05) is 25.3 Å². The molecule has 0 aliphatic carbocycles. The quantitative estimate of drug-likeness (QED) is 0.728. The number of morpholine rings is 1. The average Bonchev–Trinajstić information content (AvgIpc) is 2.73. The molecule has 1 N–H and O–H groups in total. The smallest absolute Gasteiger partial charge is 0.243 e. The third-order valence-corrected chi connectivity index (χ3v) is 6.40. The van der Waals surface area contributed by atoms with Crippen molar-refractivity contribution in [3.8, 4) is 0 Å². The molecule has 1 fully saturated rings. The van der Waals surface area contributed by atoms with Crippen molar-refractivity contribution in [3.63, 3.8) is 0 Å². The van der Waals surface area contributed by atoms with Crippen molar-refractivity contribution in [2.75, 3.05) is 41.8 Å². The summed E-state index contributed by atoms with van der Waals surface area (Å²) >= 11 is 0. The van der Waals surface area contributed by atoms with E-state index in [4.69, 9.17) is 4.74 Å². The number of rotatable bonds is 7. The van der Waals surface area contributed by atoms with Crippen molar-refractivity contribution in [2.45, 2.75) is 26.4 Å². The molecule has 1 heterocycles. The second kappa shape index (κ2) is 9.49. The molecule has 2 aromatic rings. The molecule has 8 heteroatoms. The summed E-state index contributed by atoms with van der Waals surface area (Å²) in [5, 5.41) is 2.85. The molecule has 0 spiro atoms. The first-order valence-electron chi connectivity index (χ1n) is 10.0. The standard InChI is InChI=1S/C22H29N3O4S/c1-17-4-8-21(9-5-17)25(30(3,27)28)18(2)22(26)23-16-19-6-10-20(11-7-19)24-12-14-29-15-13-24/h4-11,18H,12-16H2,1-3H3,(H,23,26). The van der Waals surface area contributed by atoms with Gasteiger partial charge in [-0.1, -0.05) is 29.8 Å². The van der Waals surface area contributed by atoms with Gasteiger partial charge in [-0.25, -0.2) is 8.42 Å². The van der Waals surface area contributed by atoms with Gasteiger partial charge < -0.3 is 15.0 Å². The average molecular weight is 432 g/mol. The number of nitrogens with zero attached hydrogens (tertiary/aromatic N) is 2. The lowest BCUT2D eigenvalue weighted by Gasteiger charge is -2.29. The molecule has 1 amide bonds. The first kappa shape index (κ1) is 22.1. The third-order valence-electron chi connectivity index (χ3n) is 5.16. The minimum Gasteiger partial charge on any atom is -0.378 e. The van der Waals surface area contributed by atoms with E-state index in [2.05, 4.69) is 10.2 Å². The van der Waals surface area contributed by atoms with Gasteiger partial charge in [-0.15, -0.1) is 0 Å². The summed E-state index contributed by atoms with van der Waals surface area (Å²) in [5.74, 6) is -0.349. The Bertz CT molecular complexity index is 953. The number of amides is 1. The Morgan fingerprint density at radius 3 is 2.27 bits per heavy atom. The number of anilines is 2. The minimum atomic E-state index is -3.62. The predicted molar refractivity (Wildman–Crippen MR) is 119 cm³/mol. The van der Waals surface area contributed by atoms with Crippen LogP contribution in [0.25, 0.3) is 0 Å². The molecule has 0 saturated carbocycles. The highest BCUT2D eigenvalue weighted by Crippen LogP contribution is 2.21. The lowest BCUT2D eigenvalue weighted by molar-refractivity contribution is -0.122. The van der Waals surface area contributed by atoms with E-state index >= 15 is 0 Å². The summed E-state index contributed by atoms with van der Waals surface area (Å²) in [6.07, 6.45) is 1.11. The van der Waals surface area contributed by atoms with Gasteiger partial charge in [0.25, 0.3) is 0 Å². The molecule has 2 aromatic carbocycles. The van der Waals surface area contributed by atoms with E-state index in [1.807, 2.05) is 43.3 Å². The van der Waals surface area contributed by atoms with Crippen LogP contribution in [0.3, 0.4) is 0 Å². The lowest BCUT2D eigenvalue weighted by atomic mass is 10.1. The Morgan fingerprint density at radius 2 is 1.70 bits per heavy atom. The predicted octanol–water partition coefficient (Wildman–Crippen LogP) is 2.30. The summed E-state index contributed by atoms with van der Waals surface area (Å²) in [4.78, 5) is 15.0. The maximum Gasteiger partial charge on any atom is 0.243 e. The highest BCUT2D eigenvalue weighted by atomic mass is 32.2. The van der Waals surface area contributed by atoms with Crippen molar-refractivity contribution in [3.05, 3.63) is 59.7 Å². The van der Waals surface area contributed by atoms with Crippen LogP contribution in [0.4, 0.5) is 11.4 Å². The van der Waals surface area contributed by atoms with Gasteiger partial charge in [0.05, 0.1) is 25.2 Å². The van der Waals surface area contributed by atoms with E-state index in [-0.39, 0.29) is 5.91 Å². The SMILES string of the molecule is Cc1ccc(N(C(C)C(=O)NCc2ccc(N3CCOCC3)cc2)S(C)(=O)=O)cc1. The molecule has 1 aliphatic heterocycles. The molecule has 1 aliphatic rings. The zero-order valence-electron chi connectivity index (χ0n) is 17.7. The Kier molecular flexibility index (Phi) is 6.99. The van der Waals surface area contributed by atoms with Crippen LogP contribution in [0.5, 0.6) is 0 Å². The van der Waals surface area contributed by atoms with Gasteiger partial charge in [0.15, 0.2) is 0 Å². The molecule has 0 bridgehead atoms.